The lowest BCUT2D eigenvalue weighted by molar-refractivity contribution is -0.133. The van der Waals surface area contributed by atoms with Crippen molar-refractivity contribution in [2.24, 2.45) is 5.92 Å². The van der Waals surface area contributed by atoms with E-state index in [1.807, 2.05) is 11.9 Å². The van der Waals surface area contributed by atoms with Crippen LogP contribution in [0.25, 0.3) is 0 Å². The van der Waals surface area contributed by atoms with Gasteiger partial charge in [0.2, 0.25) is 5.91 Å². The van der Waals surface area contributed by atoms with Crippen LogP contribution >= 0.6 is 0 Å². The van der Waals surface area contributed by atoms with Gasteiger partial charge in [0.1, 0.15) is 0 Å². The number of likely N-dealkylation sites (tertiary alicyclic amines) is 2. The molecule has 0 saturated carbocycles. The first kappa shape index (κ1) is 22.3. The number of carbonyl (C=O) groups is 1. The molecule has 29 heavy (non-hydrogen) atoms. The SMILES string of the molecule is Cc1cc(C)c(CN2CCCC(CCC(=O)N(C)C3CCN(C)CC3)C2)cc1C. The van der Waals surface area contributed by atoms with Crippen LogP contribution in [0.5, 0.6) is 0 Å². The van der Waals surface area contributed by atoms with Crippen LogP contribution in [-0.2, 0) is 11.3 Å². The molecule has 1 aromatic carbocycles. The van der Waals surface area contributed by atoms with E-state index >= 15 is 0 Å². The molecule has 1 unspecified atom stereocenters. The van der Waals surface area contributed by atoms with E-state index in [0.29, 0.717) is 24.3 Å². The highest BCUT2D eigenvalue weighted by Gasteiger charge is 2.26. The Morgan fingerprint density at radius 1 is 1.03 bits per heavy atom. The molecule has 0 radical (unpaired) electrons. The van der Waals surface area contributed by atoms with Crippen molar-refractivity contribution in [3.05, 3.63) is 34.4 Å². The Balaban J connectivity index is 1.47. The van der Waals surface area contributed by atoms with Gasteiger partial charge in [0.15, 0.2) is 0 Å². The van der Waals surface area contributed by atoms with Crippen molar-refractivity contribution in [3.8, 4) is 0 Å². The fourth-order valence-corrected chi connectivity index (χ4v) is 5.05. The minimum Gasteiger partial charge on any atom is -0.343 e. The van der Waals surface area contributed by atoms with Gasteiger partial charge in [-0.25, -0.2) is 0 Å². The number of rotatable bonds is 6. The second-order valence-electron chi connectivity index (χ2n) is 9.68. The zero-order chi connectivity index (χ0) is 21.0. The quantitative estimate of drug-likeness (QED) is 0.719. The van der Waals surface area contributed by atoms with Crippen molar-refractivity contribution < 1.29 is 4.79 Å². The summed E-state index contributed by atoms with van der Waals surface area (Å²) in [6.07, 6.45) is 6.51. The largest absolute Gasteiger partial charge is 0.343 e. The molecule has 1 aromatic rings. The molecule has 2 saturated heterocycles. The minimum atomic E-state index is 0.349. The Morgan fingerprint density at radius 3 is 2.45 bits per heavy atom. The van der Waals surface area contributed by atoms with E-state index in [0.717, 1.165) is 45.4 Å². The molecule has 2 heterocycles. The molecule has 0 aliphatic carbocycles. The van der Waals surface area contributed by atoms with Gasteiger partial charge in [-0.3, -0.25) is 9.69 Å². The fourth-order valence-electron chi connectivity index (χ4n) is 5.05. The van der Waals surface area contributed by atoms with Gasteiger partial charge in [0.05, 0.1) is 0 Å². The van der Waals surface area contributed by atoms with Crippen molar-refractivity contribution in [2.75, 3.05) is 40.3 Å². The van der Waals surface area contributed by atoms with Crippen LogP contribution in [0.1, 0.15) is 60.8 Å². The fraction of sp³-hybridized carbons (Fsp3) is 0.720. The van der Waals surface area contributed by atoms with Crippen LogP contribution in [0.15, 0.2) is 12.1 Å². The van der Waals surface area contributed by atoms with Crippen molar-refractivity contribution in [1.82, 2.24) is 14.7 Å². The molecule has 0 aromatic heterocycles. The zero-order valence-electron chi connectivity index (χ0n) is 19.3. The summed E-state index contributed by atoms with van der Waals surface area (Å²) in [7, 11) is 4.19. The van der Waals surface area contributed by atoms with Gasteiger partial charge in [0, 0.05) is 32.6 Å². The number of carbonyl (C=O) groups excluding carboxylic acids is 1. The molecule has 4 heteroatoms. The topological polar surface area (TPSA) is 26.8 Å². The van der Waals surface area contributed by atoms with Gasteiger partial charge in [-0.15, -0.1) is 0 Å². The predicted octanol–water partition coefficient (Wildman–Crippen LogP) is 4.16. The monoisotopic (exact) mass is 399 g/mol. The predicted molar refractivity (Wildman–Crippen MR) is 121 cm³/mol. The average Bonchev–Trinajstić information content (AvgIpc) is 2.70. The highest BCUT2D eigenvalue weighted by atomic mass is 16.2. The van der Waals surface area contributed by atoms with Gasteiger partial charge in [-0.1, -0.05) is 12.1 Å². The number of hydrogen-bond donors (Lipinski definition) is 0. The lowest BCUT2D eigenvalue weighted by Crippen LogP contribution is -2.44. The number of amides is 1. The van der Waals surface area contributed by atoms with Crippen LogP contribution in [-0.4, -0.2) is 66.9 Å². The van der Waals surface area contributed by atoms with E-state index in [4.69, 9.17) is 0 Å². The smallest absolute Gasteiger partial charge is 0.222 e. The normalized spacial score (nSPS) is 22.0. The standard InChI is InChI=1S/C25H41N3O/c1-19-15-21(3)23(16-20(19)2)18-28-12-6-7-22(17-28)8-9-25(29)27(5)24-10-13-26(4)14-11-24/h15-16,22,24H,6-14,17-18H2,1-5H3. The number of hydrogen-bond acceptors (Lipinski definition) is 3. The molecule has 0 spiro atoms. The first-order valence-corrected chi connectivity index (χ1v) is 11.6. The van der Waals surface area contributed by atoms with E-state index in [1.54, 1.807) is 0 Å². The summed E-state index contributed by atoms with van der Waals surface area (Å²) in [5.41, 5.74) is 5.65. The molecule has 2 fully saturated rings. The number of benzene rings is 1. The number of piperidine rings is 2. The van der Waals surface area contributed by atoms with Gasteiger partial charge in [-0.2, -0.15) is 0 Å². The van der Waals surface area contributed by atoms with Crippen LogP contribution in [0, 0.1) is 26.7 Å². The third-order valence-electron chi connectivity index (χ3n) is 7.34. The van der Waals surface area contributed by atoms with E-state index in [-0.39, 0.29) is 0 Å². The maximum Gasteiger partial charge on any atom is 0.222 e. The summed E-state index contributed by atoms with van der Waals surface area (Å²) < 4.78 is 0. The summed E-state index contributed by atoms with van der Waals surface area (Å²) in [6.45, 7) is 12.2. The molecule has 2 aliphatic heterocycles. The van der Waals surface area contributed by atoms with E-state index in [9.17, 15) is 4.79 Å². The summed E-state index contributed by atoms with van der Waals surface area (Å²) in [4.78, 5) is 19.8. The Morgan fingerprint density at radius 2 is 1.72 bits per heavy atom. The number of nitrogens with zero attached hydrogens (tertiary/aromatic N) is 3. The third kappa shape index (κ3) is 6.05. The summed E-state index contributed by atoms with van der Waals surface area (Å²) in [5.74, 6) is 1.01. The molecule has 4 nitrogen and oxygen atoms in total. The maximum absolute atomic E-state index is 12.8. The molecule has 1 amide bonds. The van der Waals surface area contributed by atoms with Crippen molar-refractivity contribution in [3.63, 3.8) is 0 Å². The Kier molecular flexibility index (Phi) is 7.75. The Hall–Kier alpha value is -1.39. The van der Waals surface area contributed by atoms with Crippen LogP contribution in [0.2, 0.25) is 0 Å². The second-order valence-corrected chi connectivity index (χ2v) is 9.68. The molecule has 2 aliphatic rings. The Labute approximate surface area is 178 Å². The third-order valence-corrected chi connectivity index (χ3v) is 7.34. The van der Waals surface area contributed by atoms with Crippen molar-refractivity contribution in [2.45, 2.75) is 71.9 Å². The van der Waals surface area contributed by atoms with Gasteiger partial charge in [-0.05, 0) is 108 Å². The summed E-state index contributed by atoms with van der Waals surface area (Å²) in [5, 5.41) is 0. The van der Waals surface area contributed by atoms with Crippen molar-refractivity contribution >= 4 is 5.91 Å². The van der Waals surface area contributed by atoms with E-state index in [2.05, 4.69) is 49.8 Å². The molecule has 0 N–H and O–H groups in total. The summed E-state index contributed by atoms with van der Waals surface area (Å²) >= 11 is 0. The molecule has 162 valence electrons. The van der Waals surface area contributed by atoms with E-state index < -0.39 is 0 Å². The molecule has 0 bridgehead atoms. The lowest BCUT2D eigenvalue weighted by atomic mass is 9.92. The first-order valence-electron chi connectivity index (χ1n) is 11.6. The second kappa shape index (κ2) is 10.1. The van der Waals surface area contributed by atoms with Crippen LogP contribution in [0.4, 0.5) is 0 Å². The summed E-state index contributed by atoms with van der Waals surface area (Å²) in [6, 6.07) is 5.13. The average molecular weight is 400 g/mol. The van der Waals surface area contributed by atoms with Gasteiger partial charge >= 0.3 is 0 Å². The molecular weight excluding hydrogens is 358 g/mol. The minimum absolute atomic E-state index is 0.349. The Bertz CT molecular complexity index is 694. The highest BCUT2D eigenvalue weighted by Crippen LogP contribution is 2.25. The highest BCUT2D eigenvalue weighted by molar-refractivity contribution is 5.76. The lowest BCUT2D eigenvalue weighted by Gasteiger charge is -2.36. The molecule has 3 rings (SSSR count). The zero-order valence-corrected chi connectivity index (χ0v) is 19.3. The molecular formula is C25H41N3O. The van der Waals surface area contributed by atoms with E-state index in [1.165, 1.54) is 41.6 Å². The molecule has 1 atom stereocenters. The number of aryl methyl sites for hydroxylation is 3. The van der Waals surface area contributed by atoms with Crippen molar-refractivity contribution in [1.29, 1.82) is 0 Å². The van der Waals surface area contributed by atoms with Gasteiger partial charge < -0.3 is 9.80 Å². The van der Waals surface area contributed by atoms with Gasteiger partial charge in [0.25, 0.3) is 0 Å². The first-order chi connectivity index (χ1) is 13.8. The maximum atomic E-state index is 12.8. The van der Waals surface area contributed by atoms with Crippen LogP contribution in [0.3, 0.4) is 0 Å². The van der Waals surface area contributed by atoms with Crippen LogP contribution < -0.4 is 0 Å².